The number of hydrogen-bond donors (Lipinski definition) is 1. The number of carbonyl (C=O) groups is 1. The van der Waals surface area contributed by atoms with Gasteiger partial charge in [0.05, 0.1) is 7.11 Å². The van der Waals surface area contributed by atoms with Crippen molar-refractivity contribution in [3.05, 3.63) is 40.9 Å². The molecule has 1 aromatic rings. The van der Waals surface area contributed by atoms with Crippen LogP contribution >= 0.6 is 11.6 Å². The van der Waals surface area contributed by atoms with Crippen molar-refractivity contribution in [2.45, 2.75) is 6.92 Å². The third-order valence-corrected chi connectivity index (χ3v) is 2.32. The summed E-state index contributed by atoms with van der Waals surface area (Å²) >= 11 is 5.76. The molecule has 1 N–H and O–H groups in total. The van der Waals surface area contributed by atoms with Gasteiger partial charge in [-0.25, -0.2) is 4.79 Å². The summed E-state index contributed by atoms with van der Waals surface area (Å²) in [6.07, 6.45) is 1.78. The van der Waals surface area contributed by atoms with Crippen molar-refractivity contribution in [3.8, 4) is 0 Å². The largest absolute Gasteiger partial charge is 0.466 e. The Morgan fingerprint density at radius 2 is 2.06 bits per heavy atom. The van der Waals surface area contributed by atoms with Crippen molar-refractivity contribution in [2.24, 2.45) is 0 Å². The maximum absolute atomic E-state index is 11.1. The minimum atomic E-state index is -0.307. The lowest BCUT2D eigenvalue weighted by Crippen LogP contribution is -2.05. The molecule has 0 amide bonds. The number of hydrogen-bond acceptors (Lipinski definition) is 3. The van der Waals surface area contributed by atoms with Gasteiger partial charge < -0.3 is 10.1 Å². The fourth-order valence-corrected chi connectivity index (χ4v) is 1.26. The lowest BCUT2D eigenvalue weighted by molar-refractivity contribution is -0.136. The molecule has 1 rings (SSSR count). The Morgan fingerprint density at radius 3 is 2.62 bits per heavy atom. The van der Waals surface area contributed by atoms with Crippen molar-refractivity contribution in [3.63, 3.8) is 0 Å². The van der Waals surface area contributed by atoms with Crippen LogP contribution in [0.1, 0.15) is 6.92 Å². The molecular formula is C12H14ClNO2. The van der Waals surface area contributed by atoms with Gasteiger partial charge in [0.1, 0.15) is 0 Å². The normalized spacial score (nSPS) is 11.1. The van der Waals surface area contributed by atoms with E-state index >= 15 is 0 Å². The second kappa shape index (κ2) is 6.18. The first-order valence-corrected chi connectivity index (χ1v) is 5.26. The fraction of sp³-hybridized carbons (Fsp3) is 0.250. The first-order chi connectivity index (χ1) is 7.63. The average Bonchev–Trinajstić information content (AvgIpc) is 2.30. The number of esters is 1. The summed E-state index contributed by atoms with van der Waals surface area (Å²) in [5, 5.41) is 3.84. The second-order valence-corrected chi connectivity index (χ2v) is 3.70. The average molecular weight is 240 g/mol. The number of ether oxygens (including phenoxy) is 1. The van der Waals surface area contributed by atoms with E-state index in [9.17, 15) is 4.79 Å². The van der Waals surface area contributed by atoms with E-state index in [0.717, 1.165) is 5.69 Å². The zero-order valence-corrected chi connectivity index (χ0v) is 10.0. The molecule has 0 unspecified atom stereocenters. The number of halogens is 1. The van der Waals surface area contributed by atoms with Gasteiger partial charge in [-0.15, -0.1) is 0 Å². The molecule has 1 aromatic carbocycles. The van der Waals surface area contributed by atoms with Gasteiger partial charge in [-0.3, -0.25) is 0 Å². The fourth-order valence-electron chi connectivity index (χ4n) is 1.13. The van der Waals surface area contributed by atoms with Crippen LogP contribution < -0.4 is 5.32 Å². The molecule has 0 aliphatic heterocycles. The Bertz CT molecular complexity index is 385. The summed E-state index contributed by atoms with van der Waals surface area (Å²) in [7, 11) is 1.37. The summed E-state index contributed by atoms with van der Waals surface area (Å²) in [6.45, 7) is 2.29. The van der Waals surface area contributed by atoms with Gasteiger partial charge in [-0.1, -0.05) is 17.7 Å². The van der Waals surface area contributed by atoms with Crippen molar-refractivity contribution in [1.29, 1.82) is 0 Å². The molecule has 86 valence electrons. The Kier molecular flexibility index (Phi) is 4.86. The molecule has 4 heteroatoms. The number of carbonyl (C=O) groups excluding carboxylic acids is 1. The maximum Gasteiger partial charge on any atom is 0.333 e. The third-order valence-electron chi connectivity index (χ3n) is 2.07. The molecule has 16 heavy (non-hydrogen) atoms. The van der Waals surface area contributed by atoms with Gasteiger partial charge in [0.15, 0.2) is 0 Å². The molecular weight excluding hydrogens is 226 g/mol. The lowest BCUT2D eigenvalue weighted by atomic mass is 10.2. The quantitative estimate of drug-likeness (QED) is 0.649. The van der Waals surface area contributed by atoms with Gasteiger partial charge in [-0.05, 0) is 31.2 Å². The first-order valence-electron chi connectivity index (χ1n) is 4.88. The van der Waals surface area contributed by atoms with Crippen LogP contribution in [-0.2, 0) is 9.53 Å². The Balaban J connectivity index is 2.46. The molecule has 0 heterocycles. The summed E-state index contributed by atoms with van der Waals surface area (Å²) in [5.41, 5.74) is 1.54. The molecule has 0 saturated heterocycles. The van der Waals surface area contributed by atoms with E-state index in [4.69, 9.17) is 11.6 Å². The second-order valence-electron chi connectivity index (χ2n) is 3.27. The van der Waals surface area contributed by atoms with E-state index in [1.165, 1.54) is 7.11 Å². The van der Waals surface area contributed by atoms with Crippen molar-refractivity contribution >= 4 is 23.3 Å². The molecule has 0 aromatic heterocycles. The number of rotatable bonds is 4. The number of benzene rings is 1. The van der Waals surface area contributed by atoms with E-state index < -0.39 is 0 Å². The van der Waals surface area contributed by atoms with Crippen molar-refractivity contribution < 1.29 is 9.53 Å². The highest BCUT2D eigenvalue weighted by Crippen LogP contribution is 2.13. The molecule has 0 bridgehead atoms. The highest BCUT2D eigenvalue weighted by Gasteiger charge is 2.01. The highest BCUT2D eigenvalue weighted by atomic mass is 35.5. The maximum atomic E-state index is 11.1. The minimum absolute atomic E-state index is 0.307. The lowest BCUT2D eigenvalue weighted by Gasteiger charge is -2.04. The standard InChI is InChI=1S/C12H14ClNO2/c1-9(12(15)16-2)7-8-14-11-5-3-10(13)4-6-11/h3-7,14H,8H2,1-2H3/b9-7+. The summed E-state index contributed by atoms with van der Waals surface area (Å²) < 4.78 is 4.58. The third kappa shape index (κ3) is 3.95. The topological polar surface area (TPSA) is 38.3 Å². The Morgan fingerprint density at radius 1 is 1.44 bits per heavy atom. The van der Waals surface area contributed by atoms with E-state index in [-0.39, 0.29) is 5.97 Å². The minimum Gasteiger partial charge on any atom is -0.466 e. The van der Waals surface area contributed by atoms with Crippen LogP contribution in [0.5, 0.6) is 0 Å². The number of methoxy groups -OCH3 is 1. The molecule has 0 saturated carbocycles. The van der Waals surface area contributed by atoms with Gasteiger partial charge >= 0.3 is 5.97 Å². The Hall–Kier alpha value is -1.48. The van der Waals surface area contributed by atoms with Crippen LogP contribution in [-0.4, -0.2) is 19.6 Å². The summed E-state index contributed by atoms with van der Waals surface area (Å²) in [6, 6.07) is 7.37. The van der Waals surface area contributed by atoms with E-state index in [0.29, 0.717) is 17.1 Å². The van der Waals surface area contributed by atoms with Gasteiger partial charge in [0.25, 0.3) is 0 Å². The molecule has 0 fully saturated rings. The molecule has 3 nitrogen and oxygen atoms in total. The molecule has 0 aliphatic carbocycles. The van der Waals surface area contributed by atoms with Crippen LogP contribution in [0.2, 0.25) is 5.02 Å². The van der Waals surface area contributed by atoms with Crippen LogP contribution in [0.3, 0.4) is 0 Å². The van der Waals surface area contributed by atoms with E-state index in [1.807, 2.05) is 12.1 Å². The van der Waals surface area contributed by atoms with Crippen molar-refractivity contribution in [2.75, 3.05) is 19.0 Å². The highest BCUT2D eigenvalue weighted by molar-refractivity contribution is 6.30. The van der Waals surface area contributed by atoms with Gasteiger partial charge in [0.2, 0.25) is 0 Å². The molecule has 0 radical (unpaired) electrons. The van der Waals surface area contributed by atoms with Crippen LogP contribution in [0.4, 0.5) is 5.69 Å². The van der Waals surface area contributed by atoms with Gasteiger partial charge in [-0.2, -0.15) is 0 Å². The number of nitrogens with one attached hydrogen (secondary N) is 1. The zero-order valence-electron chi connectivity index (χ0n) is 9.29. The smallest absolute Gasteiger partial charge is 0.333 e. The predicted molar refractivity (Wildman–Crippen MR) is 65.7 cm³/mol. The van der Waals surface area contributed by atoms with E-state index in [1.54, 1.807) is 25.1 Å². The van der Waals surface area contributed by atoms with Crippen molar-refractivity contribution in [1.82, 2.24) is 0 Å². The first kappa shape index (κ1) is 12.6. The summed E-state index contributed by atoms with van der Waals surface area (Å²) in [4.78, 5) is 11.1. The van der Waals surface area contributed by atoms with Crippen LogP contribution in [0.15, 0.2) is 35.9 Å². The van der Waals surface area contributed by atoms with Crippen LogP contribution in [0, 0.1) is 0 Å². The molecule has 0 spiro atoms. The monoisotopic (exact) mass is 239 g/mol. The SMILES string of the molecule is COC(=O)/C(C)=C/CNc1ccc(Cl)cc1. The molecule has 0 atom stereocenters. The predicted octanol–water partition coefficient (Wildman–Crippen LogP) is 2.87. The van der Waals surface area contributed by atoms with Crippen LogP contribution in [0.25, 0.3) is 0 Å². The number of anilines is 1. The summed E-state index contributed by atoms with van der Waals surface area (Å²) in [5.74, 6) is -0.307. The Labute approximate surface area is 100 Å². The van der Waals surface area contributed by atoms with Gasteiger partial charge in [0, 0.05) is 22.8 Å². The van der Waals surface area contributed by atoms with E-state index in [2.05, 4.69) is 10.1 Å². The molecule has 0 aliphatic rings. The zero-order chi connectivity index (χ0) is 12.0.